The lowest BCUT2D eigenvalue weighted by atomic mass is 10.1. The molecule has 17 heavy (non-hydrogen) atoms. The van der Waals surface area contributed by atoms with Crippen LogP contribution in [0, 0.1) is 0 Å². The summed E-state index contributed by atoms with van der Waals surface area (Å²) in [7, 11) is 0. The molecule has 2 aromatic rings. The van der Waals surface area contributed by atoms with Crippen LogP contribution in [-0.2, 0) is 22.6 Å². The molecule has 0 fully saturated rings. The van der Waals surface area contributed by atoms with Gasteiger partial charge >= 0.3 is 5.97 Å². The molecular formula is C13H12O4. The maximum atomic E-state index is 11.5. The molecule has 0 aliphatic heterocycles. The predicted octanol–water partition coefficient (Wildman–Crippen LogP) is 2.27. The molecule has 1 heterocycles. The van der Waals surface area contributed by atoms with E-state index in [0.717, 1.165) is 5.56 Å². The lowest BCUT2D eigenvalue weighted by molar-refractivity contribution is -0.144. The van der Waals surface area contributed by atoms with Gasteiger partial charge in [-0.25, -0.2) is 0 Å². The van der Waals surface area contributed by atoms with Crippen LogP contribution in [0.4, 0.5) is 0 Å². The zero-order chi connectivity index (χ0) is 12.1. The summed E-state index contributed by atoms with van der Waals surface area (Å²) < 4.78 is 10.1. The molecule has 4 nitrogen and oxygen atoms in total. The van der Waals surface area contributed by atoms with Crippen molar-refractivity contribution >= 4 is 5.97 Å². The van der Waals surface area contributed by atoms with Gasteiger partial charge in [0, 0.05) is 0 Å². The van der Waals surface area contributed by atoms with Crippen molar-refractivity contribution in [3.05, 3.63) is 54.0 Å². The fourth-order valence-corrected chi connectivity index (χ4v) is 1.38. The Morgan fingerprint density at radius 2 is 2.00 bits per heavy atom. The number of hydrogen-bond acceptors (Lipinski definition) is 4. The Morgan fingerprint density at radius 1 is 1.24 bits per heavy atom. The summed E-state index contributed by atoms with van der Waals surface area (Å²) in [5, 5.41) is 9.09. The van der Waals surface area contributed by atoms with Gasteiger partial charge in [0.15, 0.2) is 0 Å². The van der Waals surface area contributed by atoms with Gasteiger partial charge in [-0.1, -0.05) is 12.1 Å². The first-order valence-corrected chi connectivity index (χ1v) is 5.20. The van der Waals surface area contributed by atoms with Gasteiger partial charge in [0.05, 0.1) is 12.7 Å². The normalized spacial score (nSPS) is 10.1. The fraction of sp³-hybridized carbons (Fsp3) is 0.154. The average Bonchev–Trinajstić information content (AvgIpc) is 2.83. The lowest BCUT2D eigenvalue weighted by Crippen LogP contribution is -2.07. The van der Waals surface area contributed by atoms with E-state index in [0.29, 0.717) is 5.76 Å². The Bertz CT molecular complexity index is 471. The zero-order valence-electron chi connectivity index (χ0n) is 9.13. The summed E-state index contributed by atoms with van der Waals surface area (Å²) in [4.78, 5) is 11.5. The molecule has 0 radical (unpaired) electrons. The minimum Gasteiger partial charge on any atom is -0.508 e. The SMILES string of the molecule is O=C(Cc1ccc(O)cc1)OCc1ccco1. The number of esters is 1. The van der Waals surface area contributed by atoms with E-state index in [-0.39, 0.29) is 24.7 Å². The van der Waals surface area contributed by atoms with Crippen LogP contribution in [0.2, 0.25) is 0 Å². The van der Waals surface area contributed by atoms with E-state index in [1.54, 1.807) is 24.3 Å². The molecule has 0 unspecified atom stereocenters. The number of rotatable bonds is 4. The molecule has 4 heteroatoms. The summed E-state index contributed by atoms with van der Waals surface area (Å²) >= 11 is 0. The van der Waals surface area contributed by atoms with Crippen molar-refractivity contribution in [2.75, 3.05) is 0 Å². The molecule has 0 aliphatic rings. The van der Waals surface area contributed by atoms with E-state index in [2.05, 4.69) is 0 Å². The highest BCUT2D eigenvalue weighted by Gasteiger charge is 2.06. The highest BCUT2D eigenvalue weighted by Crippen LogP contribution is 2.11. The van der Waals surface area contributed by atoms with Crippen LogP contribution >= 0.6 is 0 Å². The summed E-state index contributed by atoms with van der Waals surface area (Å²) in [6, 6.07) is 9.92. The first-order chi connectivity index (χ1) is 8.24. The largest absolute Gasteiger partial charge is 0.508 e. The minimum atomic E-state index is -0.327. The first-order valence-electron chi connectivity index (χ1n) is 5.20. The van der Waals surface area contributed by atoms with Crippen molar-refractivity contribution in [3.63, 3.8) is 0 Å². The number of hydrogen-bond donors (Lipinski definition) is 1. The van der Waals surface area contributed by atoms with Crippen LogP contribution in [0.5, 0.6) is 5.75 Å². The molecule has 0 spiro atoms. The Hall–Kier alpha value is -2.23. The quantitative estimate of drug-likeness (QED) is 0.821. The third-order valence-corrected chi connectivity index (χ3v) is 2.24. The van der Waals surface area contributed by atoms with E-state index in [9.17, 15) is 4.79 Å². The van der Waals surface area contributed by atoms with Crippen molar-refractivity contribution in [2.24, 2.45) is 0 Å². The number of phenols is 1. The van der Waals surface area contributed by atoms with Crippen LogP contribution in [0.3, 0.4) is 0 Å². The third-order valence-electron chi connectivity index (χ3n) is 2.24. The van der Waals surface area contributed by atoms with Crippen LogP contribution in [0.25, 0.3) is 0 Å². The molecule has 0 saturated heterocycles. The Kier molecular flexibility index (Phi) is 3.45. The van der Waals surface area contributed by atoms with Gasteiger partial charge in [-0.3, -0.25) is 4.79 Å². The number of phenolic OH excluding ortho intramolecular Hbond substituents is 1. The van der Waals surface area contributed by atoms with Gasteiger partial charge in [-0.2, -0.15) is 0 Å². The van der Waals surface area contributed by atoms with Gasteiger partial charge < -0.3 is 14.3 Å². The van der Waals surface area contributed by atoms with Gasteiger partial charge in [0.25, 0.3) is 0 Å². The van der Waals surface area contributed by atoms with Crippen LogP contribution in [-0.4, -0.2) is 11.1 Å². The fourth-order valence-electron chi connectivity index (χ4n) is 1.38. The molecule has 0 saturated carbocycles. The van der Waals surface area contributed by atoms with Crippen molar-refractivity contribution in [3.8, 4) is 5.75 Å². The monoisotopic (exact) mass is 232 g/mol. The molecule has 0 bridgehead atoms. The topological polar surface area (TPSA) is 59.7 Å². The van der Waals surface area contributed by atoms with Crippen LogP contribution in [0.1, 0.15) is 11.3 Å². The lowest BCUT2D eigenvalue weighted by Gasteiger charge is -2.03. The third kappa shape index (κ3) is 3.38. The average molecular weight is 232 g/mol. The minimum absolute atomic E-state index is 0.143. The summed E-state index contributed by atoms with van der Waals surface area (Å²) in [5.41, 5.74) is 0.798. The van der Waals surface area contributed by atoms with Crippen molar-refractivity contribution in [1.29, 1.82) is 0 Å². The number of ether oxygens (including phenoxy) is 1. The molecule has 1 aromatic carbocycles. The second-order valence-electron chi connectivity index (χ2n) is 3.58. The summed E-state index contributed by atoms with van der Waals surface area (Å²) in [6.07, 6.45) is 1.71. The highest BCUT2D eigenvalue weighted by molar-refractivity contribution is 5.72. The molecular weight excluding hydrogens is 220 g/mol. The number of benzene rings is 1. The standard InChI is InChI=1S/C13H12O4/c14-11-5-3-10(4-6-11)8-13(15)17-9-12-2-1-7-16-12/h1-7,14H,8-9H2. The van der Waals surface area contributed by atoms with E-state index in [1.165, 1.54) is 18.4 Å². The zero-order valence-corrected chi connectivity index (χ0v) is 9.13. The second kappa shape index (κ2) is 5.21. The summed E-state index contributed by atoms with van der Waals surface area (Å²) in [5.74, 6) is 0.467. The summed E-state index contributed by atoms with van der Waals surface area (Å²) in [6.45, 7) is 0.143. The molecule has 1 aromatic heterocycles. The van der Waals surface area contributed by atoms with Crippen molar-refractivity contribution in [1.82, 2.24) is 0 Å². The maximum absolute atomic E-state index is 11.5. The molecule has 88 valence electrons. The molecule has 0 amide bonds. The molecule has 0 aliphatic carbocycles. The van der Waals surface area contributed by atoms with Crippen LogP contribution < -0.4 is 0 Å². The van der Waals surface area contributed by atoms with E-state index >= 15 is 0 Å². The van der Waals surface area contributed by atoms with Gasteiger partial charge in [-0.15, -0.1) is 0 Å². The number of furan rings is 1. The van der Waals surface area contributed by atoms with Crippen LogP contribution in [0.15, 0.2) is 47.1 Å². The second-order valence-corrected chi connectivity index (χ2v) is 3.58. The van der Waals surface area contributed by atoms with Gasteiger partial charge in [-0.05, 0) is 29.8 Å². The Morgan fingerprint density at radius 3 is 2.65 bits per heavy atom. The Balaban J connectivity index is 1.83. The smallest absolute Gasteiger partial charge is 0.310 e. The number of carbonyl (C=O) groups is 1. The molecule has 0 atom stereocenters. The van der Waals surface area contributed by atoms with Gasteiger partial charge in [0.2, 0.25) is 0 Å². The number of carbonyl (C=O) groups excluding carboxylic acids is 1. The maximum Gasteiger partial charge on any atom is 0.310 e. The molecule has 2 rings (SSSR count). The molecule has 1 N–H and O–H groups in total. The van der Waals surface area contributed by atoms with E-state index < -0.39 is 0 Å². The highest BCUT2D eigenvalue weighted by atomic mass is 16.5. The van der Waals surface area contributed by atoms with Crippen molar-refractivity contribution < 1.29 is 19.1 Å². The predicted molar refractivity (Wildman–Crippen MR) is 60.3 cm³/mol. The van der Waals surface area contributed by atoms with E-state index in [4.69, 9.17) is 14.3 Å². The first kappa shape index (κ1) is 11.3. The van der Waals surface area contributed by atoms with Crippen molar-refractivity contribution in [2.45, 2.75) is 13.0 Å². The number of aromatic hydroxyl groups is 1. The van der Waals surface area contributed by atoms with E-state index in [1.807, 2.05) is 0 Å². The van der Waals surface area contributed by atoms with Gasteiger partial charge in [0.1, 0.15) is 18.1 Å². The Labute approximate surface area is 98.4 Å².